The lowest BCUT2D eigenvalue weighted by atomic mass is 10.1. The molecule has 0 N–H and O–H groups in total. The van der Waals surface area contributed by atoms with Crippen molar-refractivity contribution in [2.75, 3.05) is 31.0 Å². The zero-order valence-electron chi connectivity index (χ0n) is 16.5. The van der Waals surface area contributed by atoms with Crippen molar-refractivity contribution < 1.29 is 4.74 Å². The number of methoxy groups -OCH3 is 1. The Morgan fingerprint density at radius 2 is 1.11 bits per heavy atom. The number of ether oxygens (including phenoxy) is 1. The Morgan fingerprint density at radius 1 is 0.536 bits per heavy atom. The first-order valence-electron chi connectivity index (χ1n) is 9.36. The fourth-order valence-corrected chi connectivity index (χ4v) is 3.40. The van der Waals surface area contributed by atoms with Crippen molar-refractivity contribution in [3.8, 4) is 5.75 Å². The van der Waals surface area contributed by atoms with E-state index in [9.17, 15) is 0 Å². The molecule has 3 heteroatoms. The summed E-state index contributed by atoms with van der Waals surface area (Å²) < 4.78 is 5.34. The molecule has 0 heterocycles. The highest BCUT2D eigenvalue weighted by molar-refractivity contribution is 5.87. The monoisotopic (exact) mass is 368 g/mol. The van der Waals surface area contributed by atoms with Crippen molar-refractivity contribution in [3.05, 3.63) is 91.0 Å². The molecule has 140 valence electrons. The lowest BCUT2D eigenvalue weighted by Crippen LogP contribution is -2.11. The van der Waals surface area contributed by atoms with Crippen molar-refractivity contribution in [1.82, 2.24) is 0 Å². The molecule has 0 aliphatic heterocycles. The third-order valence-corrected chi connectivity index (χ3v) is 5.19. The van der Waals surface area contributed by atoms with E-state index in [0.29, 0.717) is 0 Å². The summed E-state index contributed by atoms with van der Waals surface area (Å²) in [5.41, 5.74) is 4.55. The van der Waals surface area contributed by atoms with Crippen LogP contribution in [-0.4, -0.2) is 21.2 Å². The van der Waals surface area contributed by atoms with Crippen molar-refractivity contribution in [1.29, 1.82) is 0 Å². The van der Waals surface area contributed by atoms with Gasteiger partial charge in [0.25, 0.3) is 0 Å². The van der Waals surface area contributed by atoms with Gasteiger partial charge in [0.1, 0.15) is 5.75 Å². The van der Waals surface area contributed by atoms with Gasteiger partial charge < -0.3 is 14.5 Å². The van der Waals surface area contributed by atoms with Crippen LogP contribution >= 0.6 is 0 Å². The highest BCUT2D eigenvalue weighted by atomic mass is 16.5. The van der Waals surface area contributed by atoms with Crippen LogP contribution in [0.4, 0.5) is 22.7 Å². The maximum atomic E-state index is 5.34. The Balaban J connectivity index is 1.57. The molecule has 0 fully saturated rings. The zero-order chi connectivity index (χ0) is 19.5. The number of nitrogens with zero attached hydrogens (tertiary/aromatic N) is 2. The summed E-state index contributed by atoms with van der Waals surface area (Å²) in [4.78, 5) is 4.37. The summed E-state index contributed by atoms with van der Waals surface area (Å²) in [6, 6.07) is 31.7. The molecule has 4 aromatic carbocycles. The van der Waals surface area contributed by atoms with Crippen LogP contribution in [0.1, 0.15) is 0 Å². The number of hydrogen-bond donors (Lipinski definition) is 0. The molecule has 0 aliphatic carbocycles. The van der Waals surface area contributed by atoms with Crippen molar-refractivity contribution >= 4 is 33.5 Å². The van der Waals surface area contributed by atoms with E-state index in [0.717, 1.165) is 22.8 Å². The summed E-state index contributed by atoms with van der Waals surface area (Å²) in [6.07, 6.45) is 0. The van der Waals surface area contributed by atoms with Crippen LogP contribution in [0.25, 0.3) is 10.8 Å². The van der Waals surface area contributed by atoms with E-state index in [1.165, 1.54) is 16.5 Å². The van der Waals surface area contributed by atoms with Crippen LogP contribution in [0.15, 0.2) is 91.0 Å². The molecule has 0 unspecified atom stereocenters. The molecule has 3 nitrogen and oxygen atoms in total. The van der Waals surface area contributed by atoms with Gasteiger partial charge in [-0.3, -0.25) is 0 Å². The predicted molar refractivity (Wildman–Crippen MR) is 120 cm³/mol. The third kappa shape index (κ3) is 3.52. The molecule has 0 bridgehead atoms. The van der Waals surface area contributed by atoms with Gasteiger partial charge in [-0.2, -0.15) is 0 Å². The molecule has 0 saturated heterocycles. The Bertz CT molecular complexity index is 1090. The Kier molecular flexibility index (Phi) is 4.90. The van der Waals surface area contributed by atoms with Gasteiger partial charge in [0, 0.05) is 42.9 Å². The zero-order valence-corrected chi connectivity index (χ0v) is 16.5. The average Bonchev–Trinajstić information content (AvgIpc) is 2.78. The molecule has 0 aromatic heterocycles. The van der Waals surface area contributed by atoms with E-state index in [2.05, 4.69) is 96.7 Å². The van der Waals surface area contributed by atoms with Gasteiger partial charge in [-0.05, 0) is 59.3 Å². The van der Waals surface area contributed by atoms with Gasteiger partial charge in [-0.15, -0.1) is 0 Å². The minimum Gasteiger partial charge on any atom is -0.497 e. The van der Waals surface area contributed by atoms with E-state index in [-0.39, 0.29) is 0 Å². The number of fused-ring (bicyclic) bond motifs is 1. The Hall–Kier alpha value is -3.46. The number of rotatable bonds is 5. The summed E-state index contributed by atoms with van der Waals surface area (Å²) in [5, 5.41) is 2.51. The van der Waals surface area contributed by atoms with Crippen LogP contribution < -0.4 is 14.5 Å². The average molecular weight is 368 g/mol. The molecule has 0 aliphatic rings. The van der Waals surface area contributed by atoms with Crippen LogP contribution in [0.3, 0.4) is 0 Å². The maximum Gasteiger partial charge on any atom is 0.120 e. The lowest BCUT2D eigenvalue weighted by Gasteiger charge is -2.23. The minimum atomic E-state index is 0.858. The SMILES string of the molecule is COc1cccc(N(C)c2ccc(N(C)c3ccc4ccccc4c3)cc2)c1. The van der Waals surface area contributed by atoms with Gasteiger partial charge in [-0.1, -0.05) is 36.4 Å². The highest BCUT2D eigenvalue weighted by Gasteiger charge is 2.08. The first kappa shape index (κ1) is 17.9. The highest BCUT2D eigenvalue weighted by Crippen LogP contribution is 2.31. The second-order valence-corrected chi connectivity index (χ2v) is 6.87. The van der Waals surface area contributed by atoms with E-state index in [1.807, 2.05) is 18.2 Å². The van der Waals surface area contributed by atoms with Gasteiger partial charge >= 0.3 is 0 Å². The van der Waals surface area contributed by atoms with Gasteiger partial charge in [0.2, 0.25) is 0 Å². The predicted octanol–water partition coefficient (Wildman–Crippen LogP) is 6.38. The lowest BCUT2D eigenvalue weighted by molar-refractivity contribution is 0.415. The standard InChI is InChI=1S/C25H24N2O/c1-26(23-9-6-10-25(18-23)28-3)21-13-15-22(16-14-21)27(2)24-12-11-19-7-4-5-8-20(19)17-24/h4-18H,1-3H3. The van der Waals surface area contributed by atoms with Gasteiger partial charge in [-0.25, -0.2) is 0 Å². The van der Waals surface area contributed by atoms with E-state index >= 15 is 0 Å². The summed E-state index contributed by atoms with van der Waals surface area (Å²) >= 11 is 0. The van der Waals surface area contributed by atoms with Crippen molar-refractivity contribution in [2.24, 2.45) is 0 Å². The molecular weight excluding hydrogens is 344 g/mol. The van der Waals surface area contributed by atoms with Gasteiger partial charge in [0.15, 0.2) is 0 Å². The Labute approximate surface area is 166 Å². The van der Waals surface area contributed by atoms with Crippen LogP contribution in [-0.2, 0) is 0 Å². The van der Waals surface area contributed by atoms with Crippen molar-refractivity contribution in [2.45, 2.75) is 0 Å². The quantitative estimate of drug-likeness (QED) is 0.406. The molecule has 0 amide bonds. The Morgan fingerprint density at radius 3 is 1.75 bits per heavy atom. The molecule has 0 atom stereocenters. The first-order valence-corrected chi connectivity index (χ1v) is 9.36. The van der Waals surface area contributed by atoms with Crippen molar-refractivity contribution in [3.63, 3.8) is 0 Å². The molecule has 0 saturated carbocycles. The number of anilines is 4. The third-order valence-electron chi connectivity index (χ3n) is 5.19. The van der Waals surface area contributed by atoms with Gasteiger partial charge in [0.05, 0.1) is 7.11 Å². The molecule has 4 rings (SSSR count). The molecule has 0 spiro atoms. The van der Waals surface area contributed by atoms with Crippen LogP contribution in [0.5, 0.6) is 5.75 Å². The number of hydrogen-bond acceptors (Lipinski definition) is 3. The van der Waals surface area contributed by atoms with Crippen LogP contribution in [0, 0.1) is 0 Å². The molecule has 28 heavy (non-hydrogen) atoms. The van der Waals surface area contributed by atoms with E-state index in [4.69, 9.17) is 4.74 Å². The second kappa shape index (κ2) is 7.65. The second-order valence-electron chi connectivity index (χ2n) is 6.87. The maximum absolute atomic E-state index is 5.34. The largest absolute Gasteiger partial charge is 0.497 e. The fraction of sp³-hybridized carbons (Fsp3) is 0.120. The first-order chi connectivity index (χ1) is 13.7. The van der Waals surface area contributed by atoms with E-state index < -0.39 is 0 Å². The summed E-state index contributed by atoms with van der Waals surface area (Å²) in [7, 11) is 5.86. The fourth-order valence-electron chi connectivity index (χ4n) is 3.40. The molecule has 0 radical (unpaired) electrons. The molecule has 4 aromatic rings. The molecular formula is C25H24N2O. The summed E-state index contributed by atoms with van der Waals surface area (Å²) in [6.45, 7) is 0. The minimum absolute atomic E-state index is 0.858. The smallest absolute Gasteiger partial charge is 0.120 e. The van der Waals surface area contributed by atoms with Crippen LogP contribution in [0.2, 0.25) is 0 Å². The topological polar surface area (TPSA) is 15.7 Å². The number of benzene rings is 4. The normalized spacial score (nSPS) is 10.7. The summed E-state index contributed by atoms with van der Waals surface area (Å²) in [5.74, 6) is 0.858. The van der Waals surface area contributed by atoms with E-state index in [1.54, 1.807) is 7.11 Å².